The van der Waals surface area contributed by atoms with Gasteiger partial charge in [-0.05, 0) is 38.5 Å². The van der Waals surface area contributed by atoms with E-state index in [1.54, 1.807) is 11.3 Å². The molecule has 0 aromatic carbocycles. The second-order valence-corrected chi connectivity index (χ2v) is 10.5. The third-order valence-electron chi connectivity index (χ3n) is 5.22. The Balaban J connectivity index is 1.20. The summed E-state index contributed by atoms with van der Waals surface area (Å²) in [6, 6.07) is 0. The van der Waals surface area contributed by atoms with Crippen molar-refractivity contribution in [2.45, 2.75) is 50.0 Å². The fourth-order valence-electron chi connectivity index (χ4n) is 3.61. The Hall–Kier alpha value is -0.540. The Morgan fingerprint density at radius 1 is 1.42 bits per heavy atom. The average Bonchev–Trinajstić information content (AvgIpc) is 3.30. The van der Waals surface area contributed by atoms with E-state index in [0.29, 0.717) is 19.1 Å². The van der Waals surface area contributed by atoms with Crippen LogP contribution in [0, 0.1) is 12.8 Å². The van der Waals surface area contributed by atoms with E-state index in [1.165, 1.54) is 5.01 Å². The van der Waals surface area contributed by atoms with Crippen LogP contribution in [0.15, 0.2) is 5.38 Å². The fourth-order valence-corrected chi connectivity index (χ4v) is 5.88. The standard InChI is InChI=1S/C16H25N3O3S2/c1-12-9-23-15(18-12)7-19-10-16(11-19)5-4-13(8-22-16)6-17-24(20,21)14-2-3-14/h9,13-14,17H,2-8,10-11H2,1H3. The first kappa shape index (κ1) is 16.9. The molecule has 1 aromatic rings. The number of aryl methyl sites for hydroxylation is 1. The van der Waals surface area contributed by atoms with E-state index in [9.17, 15) is 8.42 Å². The largest absolute Gasteiger partial charge is 0.372 e. The number of ether oxygens (including phenoxy) is 1. The van der Waals surface area contributed by atoms with Crippen molar-refractivity contribution < 1.29 is 13.2 Å². The zero-order valence-electron chi connectivity index (χ0n) is 14.0. The summed E-state index contributed by atoms with van der Waals surface area (Å²) >= 11 is 1.72. The minimum Gasteiger partial charge on any atom is -0.372 e. The summed E-state index contributed by atoms with van der Waals surface area (Å²) in [4.78, 5) is 6.90. The highest BCUT2D eigenvalue weighted by molar-refractivity contribution is 7.90. The van der Waals surface area contributed by atoms with Crippen molar-refractivity contribution in [1.82, 2.24) is 14.6 Å². The quantitative estimate of drug-likeness (QED) is 0.821. The summed E-state index contributed by atoms with van der Waals surface area (Å²) in [5, 5.41) is 3.13. The molecule has 0 amide bonds. The molecule has 0 bridgehead atoms. The monoisotopic (exact) mass is 371 g/mol. The maximum absolute atomic E-state index is 11.9. The molecule has 1 aromatic heterocycles. The van der Waals surface area contributed by atoms with Crippen LogP contribution in [0.2, 0.25) is 0 Å². The number of nitrogens with one attached hydrogen (secondary N) is 1. The van der Waals surface area contributed by atoms with Crippen LogP contribution in [0.3, 0.4) is 0 Å². The van der Waals surface area contributed by atoms with Crippen LogP contribution >= 0.6 is 11.3 Å². The third-order valence-corrected chi connectivity index (χ3v) is 8.09. The molecule has 3 aliphatic rings. The van der Waals surface area contributed by atoms with E-state index in [0.717, 1.165) is 51.0 Å². The molecule has 134 valence electrons. The maximum Gasteiger partial charge on any atom is 0.214 e. The smallest absolute Gasteiger partial charge is 0.214 e. The van der Waals surface area contributed by atoms with Crippen molar-refractivity contribution in [2.24, 2.45) is 5.92 Å². The van der Waals surface area contributed by atoms with Crippen molar-refractivity contribution in [3.8, 4) is 0 Å². The second kappa shape index (κ2) is 6.32. The van der Waals surface area contributed by atoms with Crippen molar-refractivity contribution in [1.29, 1.82) is 0 Å². The van der Waals surface area contributed by atoms with Gasteiger partial charge in [0.25, 0.3) is 0 Å². The molecule has 1 N–H and O–H groups in total. The van der Waals surface area contributed by atoms with Gasteiger partial charge in [-0.3, -0.25) is 4.90 Å². The summed E-state index contributed by atoms with van der Waals surface area (Å²) in [5.41, 5.74) is 1.09. The van der Waals surface area contributed by atoms with Gasteiger partial charge in [-0.15, -0.1) is 11.3 Å². The number of rotatable bonds is 6. The fraction of sp³-hybridized carbons (Fsp3) is 0.812. The number of sulfonamides is 1. The lowest BCUT2D eigenvalue weighted by Gasteiger charge is -2.52. The highest BCUT2D eigenvalue weighted by Crippen LogP contribution is 2.37. The van der Waals surface area contributed by atoms with Crippen LogP contribution in [0.25, 0.3) is 0 Å². The highest BCUT2D eigenvalue weighted by atomic mass is 32.2. The molecule has 1 aliphatic carbocycles. The van der Waals surface area contributed by atoms with Gasteiger partial charge in [0.1, 0.15) is 5.01 Å². The summed E-state index contributed by atoms with van der Waals surface area (Å²) < 4.78 is 32.7. The van der Waals surface area contributed by atoms with Gasteiger partial charge in [-0.1, -0.05) is 0 Å². The zero-order chi connectivity index (χ0) is 16.8. The number of thiazole rings is 1. The first-order valence-corrected chi connectivity index (χ1v) is 11.1. The maximum atomic E-state index is 11.9. The molecule has 1 atom stereocenters. The number of nitrogens with zero attached hydrogens (tertiary/aromatic N) is 2. The van der Waals surface area contributed by atoms with Crippen LogP contribution in [-0.2, 0) is 21.3 Å². The molecule has 3 fully saturated rings. The van der Waals surface area contributed by atoms with Crippen LogP contribution < -0.4 is 4.72 Å². The molecule has 1 spiro atoms. The summed E-state index contributed by atoms with van der Waals surface area (Å²) in [6.45, 7) is 6.06. The average molecular weight is 372 g/mol. The van der Waals surface area contributed by atoms with Crippen LogP contribution in [-0.4, -0.2) is 55.4 Å². The number of hydrogen-bond acceptors (Lipinski definition) is 6. The minimum atomic E-state index is -3.07. The van der Waals surface area contributed by atoms with E-state index in [1.807, 2.05) is 6.92 Å². The number of likely N-dealkylation sites (tertiary alicyclic amines) is 1. The van der Waals surface area contributed by atoms with Gasteiger partial charge in [-0.2, -0.15) is 0 Å². The first-order chi connectivity index (χ1) is 11.4. The van der Waals surface area contributed by atoms with Crippen LogP contribution in [0.4, 0.5) is 0 Å². The first-order valence-electron chi connectivity index (χ1n) is 8.70. The van der Waals surface area contributed by atoms with Gasteiger partial charge < -0.3 is 4.74 Å². The van der Waals surface area contributed by atoms with Crippen molar-refractivity contribution in [2.75, 3.05) is 26.2 Å². The lowest BCUT2D eigenvalue weighted by molar-refractivity contribution is -0.181. The molecule has 2 aliphatic heterocycles. The van der Waals surface area contributed by atoms with E-state index in [-0.39, 0.29) is 10.9 Å². The highest BCUT2D eigenvalue weighted by Gasteiger charge is 2.46. The second-order valence-electron chi connectivity index (χ2n) is 7.52. The Morgan fingerprint density at radius 2 is 2.21 bits per heavy atom. The van der Waals surface area contributed by atoms with Gasteiger partial charge in [0.2, 0.25) is 10.0 Å². The molecule has 3 heterocycles. The Labute approximate surface area is 147 Å². The van der Waals surface area contributed by atoms with Gasteiger partial charge in [0.15, 0.2) is 0 Å². The summed E-state index contributed by atoms with van der Waals surface area (Å²) in [6.07, 6.45) is 3.69. The van der Waals surface area contributed by atoms with E-state index in [4.69, 9.17) is 4.74 Å². The van der Waals surface area contributed by atoms with Crippen molar-refractivity contribution in [3.05, 3.63) is 16.1 Å². The third kappa shape index (κ3) is 3.67. The molecule has 0 radical (unpaired) electrons. The predicted octanol–water partition coefficient (Wildman–Crippen LogP) is 1.51. The molecule has 1 unspecified atom stereocenters. The molecular weight excluding hydrogens is 346 g/mol. The van der Waals surface area contributed by atoms with Crippen molar-refractivity contribution in [3.63, 3.8) is 0 Å². The molecule has 24 heavy (non-hydrogen) atoms. The Kier molecular flexibility index (Phi) is 4.45. The van der Waals surface area contributed by atoms with Crippen LogP contribution in [0.1, 0.15) is 36.4 Å². The molecule has 4 rings (SSSR count). The number of aromatic nitrogens is 1. The van der Waals surface area contributed by atoms with Gasteiger partial charge in [-0.25, -0.2) is 18.1 Å². The number of hydrogen-bond donors (Lipinski definition) is 1. The van der Waals surface area contributed by atoms with Crippen LogP contribution in [0.5, 0.6) is 0 Å². The normalized spacial score (nSPS) is 27.3. The topological polar surface area (TPSA) is 71.5 Å². The lowest BCUT2D eigenvalue weighted by Crippen LogP contribution is -2.64. The lowest BCUT2D eigenvalue weighted by atomic mass is 9.83. The molecule has 1 saturated carbocycles. The summed E-state index contributed by atoms with van der Waals surface area (Å²) in [7, 11) is -3.07. The van der Waals surface area contributed by atoms with Crippen molar-refractivity contribution >= 4 is 21.4 Å². The van der Waals surface area contributed by atoms with E-state index >= 15 is 0 Å². The molecule has 8 heteroatoms. The molecule has 2 saturated heterocycles. The van der Waals surface area contributed by atoms with E-state index in [2.05, 4.69) is 20.0 Å². The Morgan fingerprint density at radius 3 is 2.79 bits per heavy atom. The molecule has 6 nitrogen and oxygen atoms in total. The molecular formula is C16H25N3O3S2. The zero-order valence-corrected chi connectivity index (χ0v) is 15.7. The van der Waals surface area contributed by atoms with Gasteiger partial charge >= 0.3 is 0 Å². The van der Waals surface area contributed by atoms with E-state index < -0.39 is 10.0 Å². The summed E-state index contributed by atoms with van der Waals surface area (Å²) in [5.74, 6) is 0.305. The SMILES string of the molecule is Cc1csc(CN2CC3(CCC(CNS(=O)(=O)C4CC4)CO3)C2)n1. The van der Waals surface area contributed by atoms with Gasteiger partial charge in [0.05, 0.1) is 24.0 Å². The predicted molar refractivity (Wildman–Crippen MR) is 93.5 cm³/mol. The minimum absolute atomic E-state index is 0.00181. The Bertz CT molecular complexity index is 683. The van der Waals surface area contributed by atoms with Gasteiger partial charge in [0, 0.05) is 30.7 Å².